The smallest absolute Gasteiger partial charge is 0.224 e. The topological polar surface area (TPSA) is 46.9 Å². The molecule has 0 saturated heterocycles. The molecular weight excluding hydrogens is 406 g/mol. The molecule has 0 spiro atoms. The van der Waals surface area contributed by atoms with Crippen LogP contribution in [0.25, 0.3) is 11.0 Å². The normalized spacial score (nSPS) is 11.2. The highest BCUT2D eigenvalue weighted by atomic mass is 16.1. The molecule has 0 bridgehead atoms. The van der Waals surface area contributed by atoms with E-state index in [1.54, 1.807) is 0 Å². The third-order valence-electron chi connectivity index (χ3n) is 6.33. The van der Waals surface area contributed by atoms with Gasteiger partial charge in [0.15, 0.2) is 0 Å². The van der Waals surface area contributed by atoms with E-state index in [0.717, 1.165) is 49.9 Å². The summed E-state index contributed by atoms with van der Waals surface area (Å²) in [6, 6.07) is 18.5. The molecule has 33 heavy (non-hydrogen) atoms. The van der Waals surface area contributed by atoms with Crippen molar-refractivity contribution in [3.8, 4) is 0 Å². The molecule has 4 nitrogen and oxygen atoms in total. The molecule has 0 fully saturated rings. The van der Waals surface area contributed by atoms with Crippen molar-refractivity contribution in [2.24, 2.45) is 0 Å². The van der Waals surface area contributed by atoms with Gasteiger partial charge in [-0.1, -0.05) is 94.3 Å². The lowest BCUT2D eigenvalue weighted by Crippen LogP contribution is -2.26. The molecule has 0 radical (unpaired) electrons. The number of amides is 1. The Morgan fingerprint density at radius 3 is 2.33 bits per heavy atom. The van der Waals surface area contributed by atoms with Crippen LogP contribution >= 0.6 is 0 Å². The van der Waals surface area contributed by atoms with Crippen molar-refractivity contribution in [3.05, 3.63) is 66.0 Å². The second-order valence-corrected chi connectivity index (χ2v) is 9.11. The van der Waals surface area contributed by atoms with E-state index >= 15 is 0 Å². The number of hydrogen-bond acceptors (Lipinski definition) is 2. The zero-order chi connectivity index (χ0) is 23.1. The number of rotatable bonds is 16. The Bertz CT molecular complexity index is 948. The van der Waals surface area contributed by atoms with Gasteiger partial charge in [-0.25, -0.2) is 4.98 Å². The maximum absolute atomic E-state index is 12.1. The van der Waals surface area contributed by atoms with E-state index in [4.69, 9.17) is 4.98 Å². The molecule has 1 amide bonds. The van der Waals surface area contributed by atoms with Crippen LogP contribution in [0.5, 0.6) is 0 Å². The molecule has 0 aliphatic carbocycles. The Kier molecular flexibility index (Phi) is 11.0. The molecule has 2 aromatic carbocycles. The summed E-state index contributed by atoms with van der Waals surface area (Å²) in [7, 11) is 0. The summed E-state index contributed by atoms with van der Waals surface area (Å²) in [5.41, 5.74) is 3.45. The maximum Gasteiger partial charge on any atom is 0.224 e. The standard InChI is InChI=1S/C29H41N3O/c1-2-3-4-5-6-7-16-23-32-27-20-14-13-19-26(27)31-28(32)21-12-9-15-22-30-29(33)24-25-17-10-8-11-18-25/h8,10-11,13-14,17-20H,2-7,9,12,15-16,21-24H2,1H3,(H,30,33). The fourth-order valence-corrected chi connectivity index (χ4v) is 4.45. The van der Waals surface area contributed by atoms with Crippen LogP contribution in [-0.4, -0.2) is 22.0 Å². The molecule has 1 aromatic heterocycles. The number of nitrogens with one attached hydrogen (secondary N) is 1. The molecular formula is C29H41N3O. The second kappa shape index (κ2) is 14.5. The molecule has 3 rings (SSSR count). The Morgan fingerprint density at radius 1 is 0.818 bits per heavy atom. The van der Waals surface area contributed by atoms with Gasteiger partial charge in [-0.15, -0.1) is 0 Å². The Hall–Kier alpha value is -2.62. The molecule has 3 aromatic rings. The minimum Gasteiger partial charge on any atom is -0.356 e. The van der Waals surface area contributed by atoms with E-state index in [1.807, 2.05) is 30.3 Å². The van der Waals surface area contributed by atoms with Gasteiger partial charge in [0, 0.05) is 19.5 Å². The number of imidazole rings is 1. The number of benzene rings is 2. The van der Waals surface area contributed by atoms with Crippen LogP contribution in [0, 0.1) is 0 Å². The number of carbonyl (C=O) groups excluding carboxylic acids is 1. The van der Waals surface area contributed by atoms with E-state index in [2.05, 4.69) is 41.1 Å². The first kappa shape index (κ1) is 25.0. The highest BCUT2D eigenvalue weighted by molar-refractivity contribution is 5.78. The number of hydrogen-bond donors (Lipinski definition) is 1. The fourth-order valence-electron chi connectivity index (χ4n) is 4.45. The predicted octanol–water partition coefficient (Wildman–Crippen LogP) is 6.86. The summed E-state index contributed by atoms with van der Waals surface area (Å²) in [6.07, 6.45) is 14.0. The average molecular weight is 448 g/mol. The van der Waals surface area contributed by atoms with Crippen LogP contribution in [-0.2, 0) is 24.2 Å². The average Bonchev–Trinajstić information content (AvgIpc) is 3.18. The summed E-state index contributed by atoms with van der Waals surface area (Å²) >= 11 is 0. The molecule has 178 valence electrons. The highest BCUT2D eigenvalue weighted by Crippen LogP contribution is 2.19. The monoisotopic (exact) mass is 447 g/mol. The summed E-state index contributed by atoms with van der Waals surface area (Å²) < 4.78 is 2.45. The van der Waals surface area contributed by atoms with E-state index in [-0.39, 0.29) is 5.91 Å². The van der Waals surface area contributed by atoms with Crippen molar-refractivity contribution in [2.45, 2.75) is 90.5 Å². The number of fused-ring (bicyclic) bond motifs is 1. The molecule has 1 heterocycles. The quantitative estimate of drug-likeness (QED) is 0.244. The van der Waals surface area contributed by atoms with Crippen molar-refractivity contribution < 1.29 is 4.79 Å². The minimum absolute atomic E-state index is 0.109. The lowest BCUT2D eigenvalue weighted by atomic mass is 10.1. The maximum atomic E-state index is 12.1. The van der Waals surface area contributed by atoms with Crippen molar-refractivity contribution in [1.29, 1.82) is 0 Å². The van der Waals surface area contributed by atoms with Crippen molar-refractivity contribution >= 4 is 16.9 Å². The van der Waals surface area contributed by atoms with E-state index in [0.29, 0.717) is 6.42 Å². The lowest BCUT2D eigenvalue weighted by molar-refractivity contribution is -0.120. The molecule has 0 unspecified atom stereocenters. The Balaban J connectivity index is 1.38. The summed E-state index contributed by atoms with van der Waals surface area (Å²) in [5, 5.41) is 3.06. The van der Waals surface area contributed by atoms with Gasteiger partial charge < -0.3 is 9.88 Å². The number of aryl methyl sites for hydroxylation is 2. The molecule has 0 saturated carbocycles. The highest BCUT2D eigenvalue weighted by Gasteiger charge is 2.10. The van der Waals surface area contributed by atoms with Crippen molar-refractivity contribution in [3.63, 3.8) is 0 Å². The SMILES string of the molecule is CCCCCCCCCn1c(CCCCCNC(=O)Cc2ccccc2)nc2ccccc21. The number of unbranched alkanes of at least 4 members (excludes halogenated alkanes) is 8. The van der Waals surface area contributed by atoms with Gasteiger partial charge in [0.1, 0.15) is 5.82 Å². The minimum atomic E-state index is 0.109. The van der Waals surface area contributed by atoms with Gasteiger partial charge in [-0.2, -0.15) is 0 Å². The number of para-hydroxylation sites is 2. The number of carbonyl (C=O) groups is 1. The first-order valence-corrected chi connectivity index (χ1v) is 13.0. The van der Waals surface area contributed by atoms with Gasteiger partial charge in [-0.3, -0.25) is 4.79 Å². The van der Waals surface area contributed by atoms with Gasteiger partial charge >= 0.3 is 0 Å². The van der Waals surface area contributed by atoms with Crippen LogP contribution in [0.3, 0.4) is 0 Å². The largest absolute Gasteiger partial charge is 0.356 e. The molecule has 1 N–H and O–H groups in total. The van der Waals surface area contributed by atoms with Crippen LogP contribution in [0.15, 0.2) is 54.6 Å². The Morgan fingerprint density at radius 2 is 1.52 bits per heavy atom. The summed E-state index contributed by atoms with van der Waals surface area (Å²) in [6.45, 7) is 4.09. The van der Waals surface area contributed by atoms with Gasteiger partial charge in [0.2, 0.25) is 5.91 Å². The molecule has 0 aliphatic rings. The van der Waals surface area contributed by atoms with E-state index < -0.39 is 0 Å². The first-order valence-electron chi connectivity index (χ1n) is 13.0. The zero-order valence-corrected chi connectivity index (χ0v) is 20.4. The molecule has 0 aliphatic heterocycles. The predicted molar refractivity (Wildman–Crippen MR) is 138 cm³/mol. The third kappa shape index (κ3) is 8.68. The van der Waals surface area contributed by atoms with Crippen LogP contribution < -0.4 is 5.32 Å². The van der Waals surface area contributed by atoms with Crippen LogP contribution in [0.2, 0.25) is 0 Å². The van der Waals surface area contributed by atoms with E-state index in [1.165, 1.54) is 56.3 Å². The van der Waals surface area contributed by atoms with Crippen LogP contribution in [0.1, 0.15) is 82.5 Å². The van der Waals surface area contributed by atoms with E-state index in [9.17, 15) is 4.79 Å². The summed E-state index contributed by atoms with van der Waals surface area (Å²) in [4.78, 5) is 17.0. The van der Waals surface area contributed by atoms with Gasteiger partial charge in [0.25, 0.3) is 0 Å². The second-order valence-electron chi connectivity index (χ2n) is 9.11. The zero-order valence-electron chi connectivity index (χ0n) is 20.4. The number of aromatic nitrogens is 2. The first-order chi connectivity index (χ1) is 16.3. The van der Waals surface area contributed by atoms with Crippen molar-refractivity contribution in [1.82, 2.24) is 14.9 Å². The summed E-state index contributed by atoms with van der Waals surface area (Å²) in [5.74, 6) is 1.33. The van der Waals surface area contributed by atoms with Crippen molar-refractivity contribution in [2.75, 3.05) is 6.54 Å². The fraction of sp³-hybridized carbons (Fsp3) is 0.517. The van der Waals surface area contributed by atoms with Gasteiger partial charge in [-0.05, 0) is 37.0 Å². The number of nitrogens with zero attached hydrogens (tertiary/aromatic N) is 2. The third-order valence-corrected chi connectivity index (χ3v) is 6.33. The Labute approximate surface area is 199 Å². The molecule has 4 heteroatoms. The van der Waals surface area contributed by atoms with Gasteiger partial charge in [0.05, 0.1) is 17.5 Å². The van der Waals surface area contributed by atoms with Crippen LogP contribution in [0.4, 0.5) is 0 Å². The lowest BCUT2D eigenvalue weighted by Gasteiger charge is -2.10. The molecule has 0 atom stereocenters.